The quantitative estimate of drug-likeness (QED) is 0.266. The first-order valence-electron chi connectivity index (χ1n) is 13.1. The van der Waals surface area contributed by atoms with Gasteiger partial charge in [-0.1, -0.05) is 133 Å². The third kappa shape index (κ3) is 8.94. The summed E-state index contributed by atoms with van der Waals surface area (Å²) in [4.78, 5) is 0. The molecule has 0 bridgehead atoms. The lowest BCUT2D eigenvalue weighted by Gasteiger charge is -2.29. The average molecular weight is 425 g/mol. The molecule has 1 fully saturated rings. The van der Waals surface area contributed by atoms with Gasteiger partial charge >= 0.3 is 0 Å². The van der Waals surface area contributed by atoms with Gasteiger partial charge < -0.3 is 9.47 Å². The van der Waals surface area contributed by atoms with Crippen LogP contribution in [0.3, 0.4) is 0 Å². The van der Waals surface area contributed by atoms with Crippen LogP contribution in [0.5, 0.6) is 0 Å². The van der Waals surface area contributed by atoms with Crippen LogP contribution in [0.1, 0.15) is 109 Å². The van der Waals surface area contributed by atoms with E-state index in [1.165, 1.54) is 101 Å². The van der Waals surface area contributed by atoms with Gasteiger partial charge in [-0.05, 0) is 17.5 Å². The van der Waals surface area contributed by atoms with E-state index in [1.807, 2.05) is 0 Å². The van der Waals surface area contributed by atoms with E-state index in [2.05, 4.69) is 49.4 Å². The predicted octanol–water partition coefficient (Wildman–Crippen LogP) is 8.93. The molecule has 0 aromatic carbocycles. The Kier molecular flexibility index (Phi) is 11.5. The summed E-state index contributed by atoms with van der Waals surface area (Å²) in [7, 11) is 0. The molecule has 172 valence electrons. The van der Waals surface area contributed by atoms with Crippen molar-refractivity contribution in [1.82, 2.24) is 0 Å². The summed E-state index contributed by atoms with van der Waals surface area (Å²) in [5.74, 6) is 0.558. The second kappa shape index (κ2) is 14.6. The van der Waals surface area contributed by atoms with Gasteiger partial charge in [0.1, 0.15) is 0 Å². The third-order valence-electron chi connectivity index (χ3n) is 6.75. The molecular weight excluding hydrogens is 380 g/mol. The molecule has 1 aliphatic heterocycles. The van der Waals surface area contributed by atoms with E-state index in [4.69, 9.17) is 9.47 Å². The molecule has 0 amide bonds. The number of hydrogen-bond acceptors (Lipinski definition) is 2. The van der Waals surface area contributed by atoms with Crippen molar-refractivity contribution in [3.05, 3.63) is 48.0 Å². The molecular formula is C29H44O2. The van der Waals surface area contributed by atoms with Gasteiger partial charge in [-0.2, -0.15) is 0 Å². The van der Waals surface area contributed by atoms with Crippen molar-refractivity contribution in [2.45, 2.75) is 103 Å². The lowest BCUT2D eigenvalue weighted by molar-refractivity contribution is -0.206. The molecule has 3 aliphatic rings. The highest BCUT2D eigenvalue weighted by Crippen LogP contribution is 2.29. The van der Waals surface area contributed by atoms with Gasteiger partial charge in [0, 0.05) is 11.5 Å². The van der Waals surface area contributed by atoms with Crippen molar-refractivity contribution >= 4 is 0 Å². The molecule has 0 atom stereocenters. The summed E-state index contributed by atoms with van der Waals surface area (Å²) in [6.07, 6.45) is 19.4. The Bertz CT molecular complexity index is 643. The maximum Gasteiger partial charge on any atom is 0.183 e. The predicted molar refractivity (Wildman–Crippen MR) is 132 cm³/mol. The Balaban J connectivity index is 1.17. The Labute approximate surface area is 191 Å². The minimum absolute atomic E-state index is 0.209. The van der Waals surface area contributed by atoms with E-state index < -0.39 is 0 Å². The van der Waals surface area contributed by atoms with Gasteiger partial charge in [-0.15, -0.1) is 0 Å². The summed E-state index contributed by atoms with van der Waals surface area (Å²) < 4.78 is 12.1. The normalized spacial score (nSPS) is 19.1. The molecule has 0 N–H and O–H groups in total. The molecule has 2 aliphatic carbocycles. The standard InChI is InChI=1S/C29H44O2/c1-2-3-4-5-6-7-8-9-10-11-12-13-14-16-25-23-30-29(31-24-25)28-21-19-26-17-15-18-27(26)20-22-28/h15,17-22,25,29H,2-14,16,23-24H2,1H3. The molecule has 1 saturated heterocycles. The van der Waals surface area contributed by atoms with Gasteiger partial charge in [0.05, 0.1) is 13.2 Å². The Morgan fingerprint density at radius 2 is 1.10 bits per heavy atom. The van der Waals surface area contributed by atoms with Crippen molar-refractivity contribution in [1.29, 1.82) is 0 Å². The van der Waals surface area contributed by atoms with Crippen LogP contribution in [-0.4, -0.2) is 13.2 Å². The molecule has 0 aromatic rings. The lowest BCUT2D eigenvalue weighted by Crippen LogP contribution is -2.26. The van der Waals surface area contributed by atoms with Crippen LogP contribution in [0.15, 0.2) is 42.5 Å². The number of rotatable bonds is 15. The van der Waals surface area contributed by atoms with Crippen LogP contribution in [0.4, 0.5) is 0 Å². The van der Waals surface area contributed by atoms with Crippen molar-refractivity contribution in [2.75, 3.05) is 13.2 Å². The first-order chi connectivity index (χ1) is 15.4. The van der Waals surface area contributed by atoms with Crippen molar-refractivity contribution in [3.8, 4) is 11.1 Å². The van der Waals surface area contributed by atoms with Crippen LogP contribution < -0.4 is 0 Å². The molecule has 3 rings (SSSR count). The summed E-state index contributed by atoms with van der Waals surface area (Å²) in [6.45, 7) is 3.94. The van der Waals surface area contributed by atoms with Crippen LogP contribution >= 0.6 is 0 Å². The third-order valence-corrected chi connectivity index (χ3v) is 6.75. The minimum Gasteiger partial charge on any atom is -0.348 e. The largest absolute Gasteiger partial charge is 0.348 e. The van der Waals surface area contributed by atoms with Crippen molar-refractivity contribution in [2.24, 2.45) is 5.92 Å². The molecule has 31 heavy (non-hydrogen) atoms. The summed E-state index contributed by atoms with van der Waals surface area (Å²) in [5.41, 5.74) is 3.65. The monoisotopic (exact) mass is 424 g/mol. The van der Waals surface area contributed by atoms with Crippen molar-refractivity contribution in [3.63, 3.8) is 0 Å². The Morgan fingerprint density at radius 3 is 1.61 bits per heavy atom. The summed E-state index contributed by atoms with van der Waals surface area (Å²) in [6, 6.07) is 15.0. The summed E-state index contributed by atoms with van der Waals surface area (Å²) >= 11 is 0. The van der Waals surface area contributed by atoms with Gasteiger partial charge in [0.25, 0.3) is 0 Å². The zero-order valence-corrected chi connectivity index (χ0v) is 19.8. The molecule has 0 unspecified atom stereocenters. The molecule has 0 saturated carbocycles. The number of ether oxygens (including phenoxy) is 2. The zero-order valence-electron chi connectivity index (χ0n) is 19.8. The van der Waals surface area contributed by atoms with Crippen LogP contribution in [0, 0.1) is 5.92 Å². The van der Waals surface area contributed by atoms with E-state index in [0.29, 0.717) is 5.92 Å². The molecule has 0 aromatic heterocycles. The molecule has 2 heteroatoms. The smallest absolute Gasteiger partial charge is 0.183 e. The van der Waals surface area contributed by atoms with E-state index in [-0.39, 0.29) is 6.29 Å². The maximum absolute atomic E-state index is 6.06. The van der Waals surface area contributed by atoms with Gasteiger partial charge in [-0.3, -0.25) is 0 Å². The van der Waals surface area contributed by atoms with Gasteiger partial charge in [0.2, 0.25) is 0 Å². The SMILES string of the molecule is CCCCCCCCCCCCCCCC1COC(c2ccc3cccc-3cc2)OC1. The second-order valence-corrected chi connectivity index (χ2v) is 9.50. The molecule has 0 spiro atoms. The average Bonchev–Trinajstić information content (AvgIpc) is 3.15. The fourth-order valence-electron chi connectivity index (χ4n) is 4.69. The maximum atomic E-state index is 6.06. The first-order valence-corrected chi connectivity index (χ1v) is 13.1. The lowest BCUT2D eigenvalue weighted by atomic mass is 10.00. The Hall–Kier alpha value is -1.38. The van der Waals surface area contributed by atoms with Gasteiger partial charge in [-0.25, -0.2) is 0 Å². The van der Waals surface area contributed by atoms with E-state index >= 15 is 0 Å². The van der Waals surface area contributed by atoms with E-state index in [9.17, 15) is 0 Å². The van der Waals surface area contributed by atoms with Crippen LogP contribution in [0.25, 0.3) is 11.1 Å². The number of fused-ring (bicyclic) bond motifs is 1. The van der Waals surface area contributed by atoms with Crippen LogP contribution in [-0.2, 0) is 9.47 Å². The topological polar surface area (TPSA) is 18.5 Å². The molecule has 1 heterocycles. The zero-order chi connectivity index (χ0) is 21.6. The first kappa shape index (κ1) is 24.3. The summed E-state index contributed by atoms with van der Waals surface area (Å²) in [5, 5.41) is 0. The fourth-order valence-corrected chi connectivity index (χ4v) is 4.69. The highest BCUT2D eigenvalue weighted by atomic mass is 16.7. The van der Waals surface area contributed by atoms with E-state index in [0.717, 1.165) is 18.8 Å². The molecule has 0 radical (unpaired) electrons. The minimum atomic E-state index is -0.209. The number of unbranched alkanes of at least 4 members (excludes halogenated alkanes) is 12. The van der Waals surface area contributed by atoms with Gasteiger partial charge in [0.15, 0.2) is 6.29 Å². The Morgan fingerprint density at radius 1 is 0.613 bits per heavy atom. The van der Waals surface area contributed by atoms with E-state index in [1.54, 1.807) is 0 Å². The second-order valence-electron chi connectivity index (χ2n) is 9.50. The highest BCUT2D eigenvalue weighted by molar-refractivity contribution is 5.65. The number of hydrogen-bond donors (Lipinski definition) is 0. The molecule has 2 nitrogen and oxygen atoms in total. The highest BCUT2D eigenvalue weighted by Gasteiger charge is 2.23. The van der Waals surface area contributed by atoms with Crippen LogP contribution in [0.2, 0.25) is 0 Å². The van der Waals surface area contributed by atoms with Crippen molar-refractivity contribution < 1.29 is 9.47 Å². The fraction of sp³-hybridized carbons (Fsp3) is 0.655.